The normalized spacial score (nSPS) is 12.6. The molecule has 0 saturated heterocycles. The van der Waals surface area contributed by atoms with E-state index in [4.69, 9.17) is 23.2 Å². The Morgan fingerprint density at radius 3 is 2.83 bits per heavy atom. The Morgan fingerprint density at radius 1 is 1.28 bits per heavy atom. The predicted molar refractivity (Wildman–Crippen MR) is 80.8 cm³/mol. The first-order valence-corrected chi connectivity index (χ1v) is 7.53. The molecule has 18 heavy (non-hydrogen) atoms. The Bertz CT molecular complexity index is 497. The van der Waals surface area contributed by atoms with Crippen molar-refractivity contribution in [3.63, 3.8) is 0 Å². The molecule has 0 aliphatic rings. The maximum absolute atomic E-state index is 6.13. The highest BCUT2D eigenvalue weighted by molar-refractivity contribution is 7.07. The minimum absolute atomic E-state index is 0.412. The summed E-state index contributed by atoms with van der Waals surface area (Å²) in [5.41, 5.74) is 2.42. The third-order valence-electron chi connectivity index (χ3n) is 2.77. The van der Waals surface area contributed by atoms with Gasteiger partial charge in [0.2, 0.25) is 0 Å². The molecule has 2 aromatic rings. The molecule has 0 radical (unpaired) electrons. The smallest absolute Gasteiger partial charge is 0.0451 e. The molecule has 0 spiro atoms. The maximum Gasteiger partial charge on any atom is 0.0451 e. The summed E-state index contributed by atoms with van der Waals surface area (Å²) in [5, 5.41) is 9.24. The molecule has 1 atom stereocenters. The Balaban J connectivity index is 1.89. The molecule has 1 N–H and O–H groups in total. The van der Waals surface area contributed by atoms with Gasteiger partial charge in [-0.2, -0.15) is 11.3 Å². The van der Waals surface area contributed by atoms with Gasteiger partial charge in [-0.25, -0.2) is 0 Å². The third kappa shape index (κ3) is 3.99. The van der Waals surface area contributed by atoms with Gasteiger partial charge >= 0.3 is 0 Å². The standard InChI is InChI=1S/C14H15Cl2NS/c1-10(6-11-4-5-18-9-11)17-8-12-7-13(15)2-3-14(12)16/h2-5,7,9-10,17H,6,8H2,1H3. The molecule has 0 amide bonds. The van der Waals surface area contributed by atoms with E-state index in [2.05, 4.69) is 29.1 Å². The average molecular weight is 300 g/mol. The summed E-state index contributed by atoms with van der Waals surface area (Å²) in [4.78, 5) is 0. The summed E-state index contributed by atoms with van der Waals surface area (Å²) in [5.74, 6) is 0. The summed E-state index contributed by atoms with van der Waals surface area (Å²) in [6.45, 7) is 2.92. The molecule has 1 unspecified atom stereocenters. The van der Waals surface area contributed by atoms with Gasteiger partial charge in [-0.1, -0.05) is 23.2 Å². The Labute approximate surface area is 122 Å². The molecule has 0 aliphatic carbocycles. The first-order chi connectivity index (χ1) is 8.65. The van der Waals surface area contributed by atoms with Gasteiger partial charge in [0.05, 0.1) is 0 Å². The molecule has 0 aliphatic heterocycles. The first kappa shape index (κ1) is 13.9. The van der Waals surface area contributed by atoms with Crippen molar-refractivity contribution in [3.8, 4) is 0 Å². The summed E-state index contributed by atoms with van der Waals surface area (Å²) in [7, 11) is 0. The van der Waals surface area contributed by atoms with Crippen molar-refractivity contribution in [2.75, 3.05) is 0 Å². The van der Waals surface area contributed by atoms with E-state index in [0.717, 1.165) is 28.6 Å². The molecule has 2 rings (SSSR count). The van der Waals surface area contributed by atoms with Gasteiger partial charge in [-0.05, 0) is 59.5 Å². The highest BCUT2D eigenvalue weighted by Crippen LogP contribution is 2.20. The van der Waals surface area contributed by atoms with Crippen molar-refractivity contribution in [1.29, 1.82) is 0 Å². The highest BCUT2D eigenvalue weighted by Gasteiger charge is 2.06. The van der Waals surface area contributed by atoms with E-state index in [1.807, 2.05) is 18.2 Å². The number of hydrogen-bond donors (Lipinski definition) is 1. The molecule has 1 heterocycles. The zero-order valence-corrected chi connectivity index (χ0v) is 12.4. The fourth-order valence-electron chi connectivity index (χ4n) is 1.80. The third-order valence-corrected chi connectivity index (χ3v) is 4.11. The number of thiophene rings is 1. The minimum Gasteiger partial charge on any atom is -0.310 e. The van der Waals surface area contributed by atoms with Crippen LogP contribution in [0.2, 0.25) is 10.0 Å². The predicted octanol–water partition coefficient (Wildman–Crippen LogP) is 4.78. The van der Waals surface area contributed by atoms with Gasteiger partial charge < -0.3 is 5.32 Å². The topological polar surface area (TPSA) is 12.0 Å². The van der Waals surface area contributed by atoms with Crippen LogP contribution < -0.4 is 5.32 Å². The van der Waals surface area contributed by atoms with Crippen LogP contribution in [0.3, 0.4) is 0 Å². The molecule has 4 heteroatoms. The van der Waals surface area contributed by atoms with Crippen LogP contribution in [-0.4, -0.2) is 6.04 Å². The van der Waals surface area contributed by atoms with Crippen LogP contribution in [0.15, 0.2) is 35.0 Å². The van der Waals surface area contributed by atoms with Crippen molar-refractivity contribution in [1.82, 2.24) is 5.32 Å². The second kappa shape index (κ2) is 6.58. The van der Waals surface area contributed by atoms with E-state index >= 15 is 0 Å². The molecule has 0 bridgehead atoms. The van der Waals surface area contributed by atoms with Crippen molar-refractivity contribution in [2.24, 2.45) is 0 Å². The molecule has 1 nitrogen and oxygen atoms in total. The molecule has 96 valence electrons. The Kier molecular flexibility index (Phi) is 5.07. The van der Waals surface area contributed by atoms with E-state index in [9.17, 15) is 0 Å². The molecule has 1 aromatic heterocycles. The summed E-state index contributed by atoms with van der Waals surface area (Å²) >= 11 is 13.8. The van der Waals surface area contributed by atoms with Gasteiger partial charge in [0.15, 0.2) is 0 Å². The van der Waals surface area contributed by atoms with Gasteiger partial charge in [-0.3, -0.25) is 0 Å². The number of hydrogen-bond acceptors (Lipinski definition) is 2. The lowest BCUT2D eigenvalue weighted by Gasteiger charge is -2.14. The van der Waals surface area contributed by atoms with Crippen molar-refractivity contribution >= 4 is 34.5 Å². The van der Waals surface area contributed by atoms with E-state index in [1.54, 1.807) is 11.3 Å². The Hall–Kier alpha value is -0.540. The van der Waals surface area contributed by atoms with Crippen molar-refractivity contribution in [3.05, 3.63) is 56.2 Å². The quantitative estimate of drug-likeness (QED) is 0.838. The van der Waals surface area contributed by atoms with Crippen LogP contribution in [0, 0.1) is 0 Å². The van der Waals surface area contributed by atoms with Gasteiger partial charge in [-0.15, -0.1) is 0 Å². The van der Waals surface area contributed by atoms with E-state index < -0.39 is 0 Å². The molecule has 1 aromatic carbocycles. The lowest BCUT2D eigenvalue weighted by atomic mass is 10.1. The fourth-order valence-corrected chi connectivity index (χ4v) is 2.86. The zero-order valence-electron chi connectivity index (χ0n) is 10.1. The second-order valence-corrected chi connectivity index (χ2v) is 5.98. The fraction of sp³-hybridized carbons (Fsp3) is 0.286. The lowest BCUT2D eigenvalue weighted by Crippen LogP contribution is -2.27. The van der Waals surface area contributed by atoms with E-state index in [0.29, 0.717) is 6.04 Å². The first-order valence-electron chi connectivity index (χ1n) is 5.83. The highest BCUT2D eigenvalue weighted by atomic mass is 35.5. The van der Waals surface area contributed by atoms with Gasteiger partial charge in [0.25, 0.3) is 0 Å². The van der Waals surface area contributed by atoms with Crippen LogP contribution in [0.4, 0.5) is 0 Å². The van der Waals surface area contributed by atoms with Crippen molar-refractivity contribution in [2.45, 2.75) is 25.9 Å². The Morgan fingerprint density at radius 2 is 2.11 bits per heavy atom. The second-order valence-electron chi connectivity index (χ2n) is 4.35. The maximum atomic E-state index is 6.13. The zero-order chi connectivity index (χ0) is 13.0. The minimum atomic E-state index is 0.412. The number of halogens is 2. The van der Waals surface area contributed by atoms with Crippen LogP contribution in [0.1, 0.15) is 18.1 Å². The van der Waals surface area contributed by atoms with Crippen LogP contribution in [0.5, 0.6) is 0 Å². The van der Waals surface area contributed by atoms with Crippen molar-refractivity contribution < 1.29 is 0 Å². The monoisotopic (exact) mass is 299 g/mol. The number of benzene rings is 1. The summed E-state index contributed by atoms with van der Waals surface area (Å²) in [6.07, 6.45) is 1.03. The van der Waals surface area contributed by atoms with Crippen LogP contribution in [0.25, 0.3) is 0 Å². The summed E-state index contributed by atoms with van der Waals surface area (Å²) < 4.78 is 0. The van der Waals surface area contributed by atoms with Crippen LogP contribution >= 0.6 is 34.5 Å². The largest absolute Gasteiger partial charge is 0.310 e. The average Bonchev–Trinajstić information content (AvgIpc) is 2.83. The number of rotatable bonds is 5. The molecule has 0 saturated carbocycles. The SMILES string of the molecule is CC(Cc1ccsc1)NCc1cc(Cl)ccc1Cl. The summed E-state index contributed by atoms with van der Waals surface area (Å²) in [6, 6.07) is 8.13. The molecular formula is C14H15Cl2NS. The van der Waals surface area contributed by atoms with Gasteiger partial charge in [0, 0.05) is 22.6 Å². The molecule has 0 fully saturated rings. The number of nitrogens with one attached hydrogen (secondary N) is 1. The molecular weight excluding hydrogens is 285 g/mol. The van der Waals surface area contributed by atoms with E-state index in [-0.39, 0.29) is 0 Å². The lowest BCUT2D eigenvalue weighted by molar-refractivity contribution is 0.546. The van der Waals surface area contributed by atoms with Crippen LogP contribution in [-0.2, 0) is 13.0 Å². The van der Waals surface area contributed by atoms with E-state index in [1.165, 1.54) is 5.56 Å². The van der Waals surface area contributed by atoms with Gasteiger partial charge in [0.1, 0.15) is 0 Å².